The van der Waals surface area contributed by atoms with Gasteiger partial charge in [-0.05, 0) is 31.5 Å². The van der Waals surface area contributed by atoms with E-state index in [1.165, 1.54) is 6.07 Å². The van der Waals surface area contributed by atoms with Crippen LogP contribution in [0, 0.1) is 11.7 Å². The van der Waals surface area contributed by atoms with Crippen molar-refractivity contribution in [3.8, 4) is 0 Å². The number of rotatable bonds is 2. The van der Waals surface area contributed by atoms with Gasteiger partial charge in [0.1, 0.15) is 5.82 Å². The predicted molar refractivity (Wildman–Crippen MR) is 54.3 cm³/mol. The fourth-order valence-corrected chi connectivity index (χ4v) is 2.10. The van der Waals surface area contributed by atoms with Crippen LogP contribution in [0.3, 0.4) is 0 Å². The molecule has 0 amide bonds. The molecule has 1 aliphatic rings. The van der Waals surface area contributed by atoms with Crippen LogP contribution in [0.4, 0.5) is 4.39 Å². The standard InChI is InChI=1S/C11H15FN2/c12-10-4-2-1-3-9(10)11-8(7-13)5-6-14-11/h1-4,8,11,14H,5-7,13H2. The van der Waals surface area contributed by atoms with E-state index in [0.717, 1.165) is 18.5 Å². The van der Waals surface area contributed by atoms with Gasteiger partial charge in [0.05, 0.1) is 0 Å². The highest BCUT2D eigenvalue weighted by atomic mass is 19.1. The molecule has 0 saturated carbocycles. The first-order valence-electron chi connectivity index (χ1n) is 5.01. The first-order valence-corrected chi connectivity index (χ1v) is 5.01. The zero-order valence-electron chi connectivity index (χ0n) is 8.04. The molecule has 2 rings (SSSR count). The highest BCUT2D eigenvalue weighted by Gasteiger charge is 2.28. The summed E-state index contributed by atoms with van der Waals surface area (Å²) in [5, 5.41) is 3.29. The lowest BCUT2D eigenvalue weighted by molar-refractivity contribution is 0.452. The van der Waals surface area contributed by atoms with Crippen molar-refractivity contribution in [2.75, 3.05) is 13.1 Å². The summed E-state index contributed by atoms with van der Waals surface area (Å²) in [7, 11) is 0. The van der Waals surface area contributed by atoms with Crippen molar-refractivity contribution in [2.45, 2.75) is 12.5 Å². The molecule has 1 aromatic rings. The summed E-state index contributed by atoms with van der Waals surface area (Å²) in [5.74, 6) is 0.234. The molecule has 3 N–H and O–H groups in total. The van der Waals surface area contributed by atoms with Gasteiger partial charge in [-0.15, -0.1) is 0 Å². The molecule has 0 bridgehead atoms. The van der Waals surface area contributed by atoms with E-state index in [2.05, 4.69) is 5.32 Å². The van der Waals surface area contributed by atoms with E-state index >= 15 is 0 Å². The summed E-state index contributed by atoms with van der Waals surface area (Å²) < 4.78 is 13.5. The number of benzene rings is 1. The Balaban J connectivity index is 2.26. The summed E-state index contributed by atoms with van der Waals surface area (Å²) in [6, 6.07) is 7.02. The molecule has 76 valence electrons. The molecule has 0 aliphatic carbocycles. The van der Waals surface area contributed by atoms with Gasteiger partial charge in [0.15, 0.2) is 0 Å². The van der Waals surface area contributed by atoms with Gasteiger partial charge in [0, 0.05) is 11.6 Å². The molecule has 0 radical (unpaired) electrons. The third kappa shape index (κ3) is 1.65. The molecule has 14 heavy (non-hydrogen) atoms. The van der Waals surface area contributed by atoms with Gasteiger partial charge in [-0.3, -0.25) is 0 Å². The SMILES string of the molecule is NCC1CCNC1c1ccccc1F. The molecular formula is C11H15FN2. The predicted octanol–water partition coefficient (Wildman–Crippen LogP) is 1.43. The number of nitrogens with one attached hydrogen (secondary N) is 1. The van der Waals surface area contributed by atoms with Crippen LogP contribution in [0.2, 0.25) is 0 Å². The summed E-state index contributed by atoms with van der Waals surface area (Å²) in [4.78, 5) is 0. The molecule has 1 aliphatic heterocycles. The molecule has 2 atom stereocenters. The van der Waals surface area contributed by atoms with Crippen LogP contribution < -0.4 is 11.1 Å². The van der Waals surface area contributed by atoms with Crippen molar-refractivity contribution in [1.82, 2.24) is 5.32 Å². The average Bonchev–Trinajstić information content (AvgIpc) is 2.66. The normalized spacial score (nSPS) is 26.7. The van der Waals surface area contributed by atoms with Gasteiger partial charge >= 0.3 is 0 Å². The van der Waals surface area contributed by atoms with Crippen LogP contribution in [0.15, 0.2) is 24.3 Å². The smallest absolute Gasteiger partial charge is 0.127 e. The third-order valence-electron chi connectivity index (χ3n) is 2.89. The maximum Gasteiger partial charge on any atom is 0.127 e. The molecule has 1 aromatic carbocycles. The second-order valence-electron chi connectivity index (χ2n) is 3.74. The van der Waals surface area contributed by atoms with Crippen molar-refractivity contribution < 1.29 is 4.39 Å². The van der Waals surface area contributed by atoms with Crippen molar-refractivity contribution in [3.05, 3.63) is 35.6 Å². The van der Waals surface area contributed by atoms with Gasteiger partial charge in [0.2, 0.25) is 0 Å². The van der Waals surface area contributed by atoms with Gasteiger partial charge in [-0.1, -0.05) is 18.2 Å². The molecule has 0 aromatic heterocycles. The quantitative estimate of drug-likeness (QED) is 0.747. The Kier molecular flexibility index (Phi) is 2.79. The Morgan fingerprint density at radius 2 is 2.21 bits per heavy atom. The maximum absolute atomic E-state index is 13.5. The van der Waals surface area contributed by atoms with E-state index in [-0.39, 0.29) is 11.9 Å². The summed E-state index contributed by atoms with van der Waals surface area (Å²) in [5.41, 5.74) is 6.40. The lowest BCUT2D eigenvalue weighted by Gasteiger charge is -2.18. The van der Waals surface area contributed by atoms with Crippen molar-refractivity contribution in [2.24, 2.45) is 11.7 Å². The lowest BCUT2D eigenvalue weighted by Crippen LogP contribution is -2.24. The van der Waals surface area contributed by atoms with Gasteiger partial charge in [-0.2, -0.15) is 0 Å². The second-order valence-corrected chi connectivity index (χ2v) is 3.74. The Morgan fingerprint density at radius 3 is 2.93 bits per heavy atom. The third-order valence-corrected chi connectivity index (χ3v) is 2.89. The minimum absolute atomic E-state index is 0.0983. The Hall–Kier alpha value is -0.930. The maximum atomic E-state index is 13.5. The molecule has 0 spiro atoms. The Labute approximate surface area is 83.3 Å². The van der Waals surface area contributed by atoms with E-state index in [1.807, 2.05) is 12.1 Å². The number of halogens is 1. The van der Waals surface area contributed by atoms with Crippen LogP contribution in [-0.4, -0.2) is 13.1 Å². The molecule has 1 fully saturated rings. The van der Waals surface area contributed by atoms with Crippen LogP contribution in [0.25, 0.3) is 0 Å². The lowest BCUT2D eigenvalue weighted by atomic mass is 9.94. The zero-order chi connectivity index (χ0) is 9.97. The van der Waals surface area contributed by atoms with E-state index in [1.54, 1.807) is 6.07 Å². The van der Waals surface area contributed by atoms with Gasteiger partial charge in [-0.25, -0.2) is 4.39 Å². The topological polar surface area (TPSA) is 38.0 Å². The van der Waals surface area contributed by atoms with Crippen LogP contribution in [0.5, 0.6) is 0 Å². The summed E-state index contributed by atoms with van der Waals surface area (Å²) in [6.07, 6.45) is 1.04. The fraction of sp³-hybridized carbons (Fsp3) is 0.455. The van der Waals surface area contributed by atoms with Crippen molar-refractivity contribution in [3.63, 3.8) is 0 Å². The fourth-order valence-electron chi connectivity index (χ4n) is 2.10. The monoisotopic (exact) mass is 194 g/mol. The van der Waals surface area contributed by atoms with E-state index in [0.29, 0.717) is 12.5 Å². The molecule has 2 nitrogen and oxygen atoms in total. The van der Waals surface area contributed by atoms with Crippen LogP contribution in [-0.2, 0) is 0 Å². The second kappa shape index (κ2) is 4.07. The molecule has 1 heterocycles. The first-order chi connectivity index (χ1) is 6.83. The van der Waals surface area contributed by atoms with E-state index < -0.39 is 0 Å². The van der Waals surface area contributed by atoms with Gasteiger partial charge < -0.3 is 11.1 Å². The molecule has 2 unspecified atom stereocenters. The van der Waals surface area contributed by atoms with Crippen molar-refractivity contribution >= 4 is 0 Å². The van der Waals surface area contributed by atoms with Gasteiger partial charge in [0.25, 0.3) is 0 Å². The first kappa shape index (κ1) is 9.62. The van der Waals surface area contributed by atoms with Crippen LogP contribution in [0.1, 0.15) is 18.0 Å². The largest absolute Gasteiger partial charge is 0.330 e. The summed E-state index contributed by atoms with van der Waals surface area (Å²) in [6.45, 7) is 1.55. The molecule has 3 heteroatoms. The number of hydrogen-bond acceptors (Lipinski definition) is 2. The van der Waals surface area contributed by atoms with E-state index in [4.69, 9.17) is 5.73 Å². The Bertz CT molecular complexity index is 314. The minimum Gasteiger partial charge on any atom is -0.330 e. The van der Waals surface area contributed by atoms with Crippen molar-refractivity contribution in [1.29, 1.82) is 0 Å². The Morgan fingerprint density at radius 1 is 1.43 bits per heavy atom. The number of hydrogen-bond donors (Lipinski definition) is 2. The average molecular weight is 194 g/mol. The zero-order valence-corrected chi connectivity index (χ0v) is 8.04. The van der Waals surface area contributed by atoms with E-state index in [9.17, 15) is 4.39 Å². The summed E-state index contributed by atoms with van der Waals surface area (Å²) >= 11 is 0. The highest BCUT2D eigenvalue weighted by molar-refractivity contribution is 5.23. The highest BCUT2D eigenvalue weighted by Crippen LogP contribution is 2.29. The molecule has 1 saturated heterocycles. The number of nitrogens with two attached hydrogens (primary N) is 1. The molecular weight excluding hydrogens is 179 g/mol. The van der Waals surface area contributed by atoms with Crippen LogP contribution >= 0.6 is 0 Å². The minimum atomic E-state index is -0.134.